The summed E-state index contributed by atoms with van der Waals surface area (Å²) in [7, 11) is 3.11. The van der Waals surface area contributed by atoms with Crippen LogP contribution in [0.1, 0.15) is 5.76 Å². The van der Waals surface area contributed by atoms with Crippen LogP contribution in [0.2, 0.25) is 0 Å². The first-order valence-electron chi connectivity index (χ1n) is 9.55. The number of aromatic nitrogens is 3. The zero-order chi connectivity index (χ0) is 22.2. The fourth-order valence-corrected chi connectivity index (χ4v) is 4.15. The van der Waals surface area contributed by atoms with Crippen molar-refractivity contribution in [3.05, 3.63) is 81.1 Å². The van der Waals surface area contributed by atoms with Crippen LogP contribution in [0.5, 0.6) is 11.5 Å². The number of rotatable bonds is 5. The van der Waals surface area contributed by atoms with Gasteiger partial charge in [-0.05, 0) is 54.6 Å². The molecule has 5 rings (SSSR count). The molecule has 0 fully saturated rings. The highest BCUT2D eigenvalue weighted by Crippen LogP contribution is 2.31. The number of nitrogens with zero attached hydrogens (tertiary/aromatic N) is 3. The Balaban J connectivity index is 1.49. The minimum Gasteiger partial charge on any atom is -0.493 e. The molecule has 0 spiro atoms. The lowest BCUT2D eigenvalue weighted by Gasteiger charge is -2.07. The van der Waals surface area contributed by atoms with Crippen LogP contribution in [0, 0.1) is 5.82 Å². The van der Waals surface area contributed by atoms with Gasteiger partial charge < -0.3 is 13.9 Å². The van der Waals surface area contributed by atoms with E-state index in [-0.39, 0.29) is 11.4 Å². The molecule has 0 bridgehead atoms. The predicted octanol–water partition coefficient (Wildman–Crippen LogP) is 3.78. The Hall–Kier alpha value is -3.98. The second-order valence-electron chi connectivity index (χ2n) is 6.82. The summed E-state index contributed by atoms with van der Waals surface area (Å²) in [4.78, 5) is 17.8. The van der Waals surface area contributed by atoms with Gasteiger partial charge in [-0.25, -0.2) is 4.39 Å². The van der Waals surface area contributed by atoms with Crippen molar-refractivity contribution in [3.63, 3.8) is 0 Å². The lowest BCUT2D eigenvalue weighted by molar-refractivity contribution is 0.355. The number of benzene rings is 2. The summed E-state index contributed by atoms with van der Waals surface area (Å²) in [5.74, 6) is 2.33. The van der Waals surface area contributed by atoms with Crippen molar-refractivity contribution in [3.8, 4) is 34.2 Å². The maximum atomic E-state index is 13.1. The Morgan fingerprint density at radius 1 is 1.00 bits per heavy atom. The molecule has 0 saturated heterocycles. The van der Waals surface area contributed by atoms with Gasteiger partial charge in [-0.2, -0.15) is 9.50 Å². The smallest absolute Gasteiger partial charge is 0.291 e. The number of methoxy groups -OCH3 is 2. The fourth-order valence-electron chi connectivity index (χ4n) is 3.26. The van der Waals surface area contributed by atoms with Crippen LogP contribution in [0.15, 0.2) is 63.8 Å². The van der Waals surface area contributed by atoms with Crippen LogP contribution in [0.4, 0.5) is 4.39 Å². The number of hydrogen-bond donors (Lipinski definition) is 0. The minimum absolute atomic E-state index is 0.288. The monoisotopic (exact) mass is 449 g/mol. The number of fused-ring (bicyclic) bond motifs is 1. The van der Waals surface area contributed by atoms with Crippen molar-refractivity contribution in [2.24, 2.45) is 0 Å². The molecule has 2 aromatic carbocycles. The molecule has 160 valence electrons. The van der Waals surface area contributed by atoms with Gasteiger partial charge in [0.1, 0.15) is 21.9 Å². The summed E-state index contributed by atoms with van der Waals surface area (Å²) in [6, 6.07) is 14.9. The molecule has 5 aromatic rings. The molecule has 0 aliphatic rings. The van der Waals surface area contributed by atoms with Crippen molar-refractivity contribution in [1.82, 2.24) is 14.6 Å². The summed E-state index contributed by atoms with van der Waals surface area (Å²) < 4.78 is 31.2. The van der Waals surface area contributed by atoms with E-state index in [2.05, 4.69) is 10.1 Å². The number of thiazole rings is 1. The van der Waals surface area contributed by atoms with Crippen LogP contribution in [0.25, 0.3) is 33.7 Å². The normalized spacial score (nSPS) is 11.9. The molecular formula is C23H16FN3O4S. The van der Waals surface area contributed by atoms with Crippen molar-refractivity contribution >= 4 is 22.4 Å². The molecule has 0 saturated carbocycles. The summed E-state index contributed by atoms with van der Waals surface area (Å²) in [6.45, 7) is 0. The molecule has 0 aliphatic carbocycles. The number of ether oxygens (including phenoxy) is 2. The molecule has 0 aliphatic heterocycles. The third-order valence-corrected chi connectivity index (χ3v) is 5.81. The van der Waals surface area contributed by atoms with Gasteiger partial charge >= 0.3 is 0 Å². The summed E-state index contributed by atoms with van der Waals surface area (Å²) >= 11 is 1.21. The Bertz CT molecular complexity index is 1540. The van der Waals surface area contributed by atoms with Crippen molar-refractivity contribution in [1.29, 1.82) is 0 Å². The van der Waals surface area contributed by atoms with Gasteiger partial charge in [-0.3, -0.25) is 4.79 Å². The Morgan fingerprint density at radius 2 is 1.75 bits per heavy atom. The van der Waals surface area contributed by atoms with Crippen LogP contribution in [-0.2, 0) is 0 Å². The van der Waals surface area contributed by atoms with E-state index >= 15 is 0 Å². The van der Waals surface area contributed by atoms with Gasteiger partial charge in [0.25, 0.3) is 5.56 Å². The highest BCUT2D eigenvalue weighted by atomic mass is 32.1. The molecule has 0 radical (unpaired) electrons. The van der Waals surface area contributed by atoms with E-state index in [4.69, 9.17) is 13.9 Å². The molecule has 9 heteroatoms. The Kier molecular flexibility index (Phi) is 4.95. The molecule has 0 amide bonds. The largest absolute Gasteiger partial charge is 0.493 e. The molecule has 3 heterocycles. The quantitative estimate of drug-likeness (QED) is 0.406. The molecule has 3 aromatic heterocycles. The second-order valence-corrected chi connectivity index (χ2v) is 7.83. The van der Waals surface area contributed by atoms with Gasteiger partial charge in [0.15, 0.2) is 17.3 Å². The second kappa shape index (κ2) is 7.93. The van der Waals surface area contributed by atoms with Gasteiger partial charge in [-0.15, -0.1) is 5.10 Å². The first-order chi connectivity index (χ1) is 15.6. The van der Waals surface area contributed by atoms with Crippen LogP contribution in [-0.4, -0.2) is 28.8 Å². The molecule has 0 atom stereocenters. The summed E-state index contributed by atoms with van der Waals surface area (Å²) in [5.41, 5.74) is 1.16. The van der Waals surface area contributed by atoms with E-state index in [9.17, 15) is 9.18 Å². The van der Waals surface area contributed by atoms with Crippen molar-refractivity contribution in [2.75, 3.05) is 14.2 Å². The van der Waals surface area contributed by atoms with Crippen molar-refractivity contribution < 1.29 is 18.3 Å². The van der Waals surface area contributed by atoms with Gasteiger partial charge in [0, 0.05) is 17.2 Å². The third kappa shape index (κ3) is 3.52. The Labute approximate surface area is 185 Å². The van der Waals surface area contributed by atoms with E-state index in [1.54, 1.807) is 62.8 Å². The number of halogens is 1. The van der Waals surface area contributed by atoms with E-state index in [0.29, 0.717) is 43.9 Å². The third-order valence-electron chi connectivity index (χ3n) is 4.85. The van der Waals surface area contributed by atoms with Crippen LogP contribution >= 0.6 is 11.3 Å². The van der Waals surface area contributed by atoms with Gasteiger partial charge in [0.05, 0.1) is 14.2 Å². The van der Waals surface area contributed by atoms with Crippen molar-refractivity contribution in [2.45, 2.75) is 0 Å². The predicted molar refractivity (Wildman–Crippen MR) is 119 cm³/mol. The minimum atomic E-state index is -0.315. The molecule has 7 nitrogen and oxygen atoms in total. The average molecular weight is 449 g/mol. The Morgan fingerprint density at radius 3 is 2.47 bits per heavy atom. The van der Waals surface area contributed by atoms with Gasteiger partial charge in [-0.1, -0.05) is 11.3 Å². The molecule has 0 N–H and O–H groups in total. The first kappa shape index (κ1) is 20.0. The highest BCUT2D eigenvalue weighted by molar-refractivity contribution is 7.15. The number of hydrogen-bond acceptors (Lipinski definition) is 7. The van der Waals surface area contributed by atoms with E-state index in [0.717, 1.165) is 5.56 Å². The maximum absolute atomic E-state index is 13.1. The van der Waals surface area contributed by atoms with Crippen LogP contribution < -0.4 is 19.6 Å². The average Bonchev–Trinajstić information content (AvgIpc) is 3.51. The number of furan rings is 1. The lowest BCUT2D eigenvalue weighted by Crippen LogP contribution is -2.23. The standard InChI is InChI=1S/C23H16FN3O4S/c1-29-18-9-5-14(11-19(18)30-2)21-25-23-27(26-21)22(28)20(32-23)12-16-8-10-17(31-16)13-3-6-15(24)7-4-13/h3-12H,1-2H3. The summed E-state index contributed by atoms with van der Waals surface area (Å²) in [6.07, 6.45) is 1.65. The zero-order valence-corrected chi connectivity index (χ0v) is 17.9. The SMILES string of the molecule is COc1ccc(-c2nc3sc(=Cc4ccc(-c5ccc(F)cc5)o4)c(=O)n3n2)cc1OC. The summed E-state index contributed by atoms with van der Waals surface area (Å²) in [5, 5.41) is 4.36. The lowest BCUT2D eigenvalue weighted by atomic mass is 10.2. The first-order valence-corrected chi connectivity index (χ1v) is 10.4. The van der Waals surface area contributed by atoms with E-state index in [1.807, 2.05) is 0 Å². The zero-order valence-electron chi connectivity index (χ0n) is 17.0. The molecular weight excluding hydrogens is 433 g/mol. The maximum Gasteiger partial charge on any atom is 0.291 e. The van der Waals surface area contributed by atoms with E-state index < -0.39 is 0 Å². The van der Waals surface area contributed by atoms with Gasteiger partial charge in [0.2, 0.25) is 4.96 Å². The van der Waals surface area contributed by atoms with Crippen LogP contribution in [0.3, 0.4) is 0 Å². The molecule has 32 heavy (non-hydrogen) atoms. The fraction of sp³-hybridized carbons (Fsp3) is 0.0870. The van der Waals surface area contributed by atoms with E-state index in [1.165, 1.54) is 28.0 Å². The topological polar surface area (TPSA) is 78.9 Å². The highest BCUT2D eigenvalue weighted by Gasteiger charge is 2.14. The molecule has 0 unspecified atom stereocenters.